The molecule has 0 bridgehead atoms. The Morgan fingerprint density at radius 1 is 1.05 bits per heavy atom. The molecule has 220 valence electrons. The van der Waals surface area contributed by atoms with E-state index in [9.17, 15) is 22.8 Å². The maximum Gasteiger partial charge on any atom is 0.418 e. The standard InChI is InChI=1S/C29H27F4N5O4/c1-3-37-25(18-42-17-19-10-6-5-7-11-19)36-38(28(37)40)26-22(30)16-20(23(34-26)14-15-41-4-2)27(39)35-24-13-9-8-12-21(24)29(31,32)33/h5-16H,3-4,17-18H2,1-2H3,(H,35,39)/b15-14+. The van der Waals surface area contributed by atoms with Crippen molar-refractivity contribution < 1.29 is 31.8 Å². The highest BCUT2D eigenvalue weighted by atomic mass is 19.4. The number of pyridine rings is 1. The van der Waals surface area contributed by atoms with E-state index in [-0.39, 0.29) is 37.9 Å². The average Bonchev–Trinajstić information content (AvgIpc) is 3.28. The SMILES string of the molecule is CCO/C=C/c1nc(-n2nc(COCc3ccccc3)n(CC)c2=O)c(F)cc1C(=O)Nc1ccccc1C(F)(F)F. The van der Waals surface area contributed by atoms with Gasteiger partial charge in [0.25, 0.3) is 5.91 Å². The topological polar surface area (TPSA) is 100 Å². The fourth-order valence-electron chi connectivity index (χ4n) is 4.02. The van der Waals surface area contributed by atoms with E-state index in [1.807, 2.05) is 30.3 Å². The summed E-state index contributed by atoms with van der Waals surface area (Å²) in [5.74, 6) is -2.45. The summed E-state index contributed by atoms with van der Waals surface area (Å²) in [6.45, 7) is 4.08. The lowest BCUT2D eigenvalue weighted by atomic mass is 10.1. The van der Waals surface area contributed by atoms with Gasteiger partial charge in [0.2, 0.25) is 0 Å². The molecule has 0 saturated carbocycles. The number of hydrogen-bond acceptors (Lipinski definition) is 6. The van der Waals surface area contributed by atoms with Crippen LogP contribution in [-0.2, 0) is 35.4 Å². The number of rotatable bonds is 11. The number of aromatic nitrogens is 4. The molecule has 2 aromatic heterocycles. The number of nitrogens with zero attached hydrogens (tertiary/aromatic N) is 4. The number of benzene rings is 2. The molecule has 0 aliphatic heterocycles. The fourth-order valence-corrected chi connectivity index (χ4v) is 4.02. The van der Waals surface area contributed by atoms with Crippen LogP contribution in [0.1, 0.15) is 46.9 Å². The zero-order valence-corrected chi connectivity index (χ0v) is 22.7. The van der Waals surface area contributed by atoms with Crippen LogP contribution in [0.15, 0.2) is 71.7 Å². The second kappa shape index (κ2) is 13.3. The summed E-state index contributed by atoms with van der Waals surface area (Å²) in [6, 6.07) is 14.5. The predicted molar refractivity (Wildman–Crippen MR) is 146 cm³/mol. The first-order valence-corrected chi connectivity index (χ1v) is 12.9. The number of alkyl halides is 3. The van der Waals surface area contributed by atoms with Gasteiger partial charge in [0.1, 0.15) is 6.61 Å². The normalized spacial score (nSPS) is 11.7. The molecule has 2 heterocycles. The summed E-state index contributed by atoms with van der Waals surface area (Å²) in [5, 5.41) is 6.40. The van der Waals surface area contributed by atoms with Crippen molar-refractivity contribution >= 4 is 17.7 Å². The molecule has 0 saturated heterocycles. The smallest absolute Gasteiger partial charge is 0.418 e. The summed E-state index contributed by atoms with van der Waals surface area (Å²) in [7, 11) is 0. The van der Waals surface area contributed by atoms with Gasteiger partial charge in [-0.05, 0) is 43.7 Å². The quantitative estimate of drug-likeness (QED) is 0.182. The Kier molecular flexibility index (Phi) is 9.53. The lowest BCUT2D eigenvalue weighted by Crippen LogP contribution is -2.26. The molecule has 9 nitrogen and oxygen atoms in total. The number of nitrogens with one attached hydrogen (secondary N) is 1. The van der Waals surface area contributed by atoms with Crippen molar-refractivity contribution in [2.24, 2.45) is 0 Å². The van der Waals surface area contributed by atoms with Crippen LogP contribution in [0.2, 0.25) is 0 Å². The lowest BCUT2D eigenvalue weighted by Gasteiger charge is -2.14. The molecule has 1 N–H and O–H groups in total. The summed E-state index contributed by atoms with van der Waals surface area (Å²) < 4.78 is 68.7. The van der Waals surface area contributed by atoms with Crippen molar-refractivity contribution in [3.8, 4) is 5.82 Å². The summed E-state index contributed by atoms with van der Waals surface area (Å²) in [4.78, 5) is 30.4. The van der Waals surface area contributed by atoms with E-state index >= 15 is 4.39 Å². The van der Waals surface area contributed by atoms with Gasteiger partial charge in [-0.2, -0.15) is 17.9 Å². The van der Waals surface area contributed by atoms with Gasteiger partial charge in [-0.25, -0.2) is 14.2 Å². The minimum Gasteiger partial charge on any atom is -0.501 e. The first kappa shape index (κ1) is 30.2. The second-order valence-electron chi connectivity index (χ2n) is 8.82. The molecule has 0 spiro atoms. The second-order valence-corrected chi connectivity index (χ2v) is 8.82. The molecule has 2 aromatic carbocycles. The van der Waals surface area contributed by atoms with Crippen molar-refractivity contribution in [2.75, 3.05) is 11.9 Å². The molecule has 0 fully saturated rings. The molecule has 0 aliphatic carbocycles. The largest absolute Gasteiger partial charge is 0.501 e. The van der Waals surface area contributed by atoms with Gasteiger partial charge in [0.05, 0.1) is 42.0 Å². The first-order valence-electron chi connectivity index (χ1n) is 12.9. The Balaban J connectivity index is 1.69. The van der Waals surface area contributed by atoms with Crippen LogP contribution >= 0.6 is 0 Å². The molecule has 0 aliphatic rings. The number of carbonyl (C=O) groups excluding carboxylic acids is 1. The average molecular weight is 586 g/mol. The van der Waals surface area contributed by atoms with Crippen LogP contribution in [-0.4, -0.2) is 31.8 Å². The molecule has 1 amide bonds. The molecule has 42 heavy (non-hydrogen) atoms. The third-order valence-corrected chi connectivity index (χ3v) is 6.00. The van der Waals surface area contributed by atoms with Crippen molar-refractivity contribution in [2.45, 2.75) is 39.8 Å². The number of carbonyl (C=O) groups is 1. The highest BCUT2D eigenvalue weighted by molar-refractivity contribution is 6.06. The third kappa shape index (κ3) is 6.92. The molecule has 0 atom stereocenters. The van der Waals surface area contributed by atoms with Gasteiger partial charge < -0.3 is 14.8 Å². The summed E-state index contributed by atoms with van der Waals surface area (Å²) in [6.07, 6.45) is -2.31. The molecule has 0 unspecified atom stereocenters. The number of anilines is 1. The van der Waals surface area contributed by atoms with Crippen LogP contribution in [0, 0.1) is 5.82 Å². The van der Waals surface area contributed by atoms with Gasteiger partial charge in [-0.1, -0.05) is 42.5 Å². The summed E-state index contributed by atoms with van der Waals surface area (Å²) >= 11 is 0. The minimum absolute atomic E-state index is 0.0528. The van der Waals surface area contributed by atoms with E-state index in [0.29, 0.717) is 0 Å². The van der Waals surface area contributed by atoms with Crippen LogP contribution < -0.4 is 11.0 Å². The molecule has 4 aromatic rings. The Labute approximate surface area is 238 Å². The van der Waals surface area contributed by atoms with E-state index in [1.54, 1.807) is 13.8 Å². The number of amides is 1. The monoisotopic (exact) mass is 585 g/mol. The Morgan fingerprint density at radius 2 is 1.76 bits per heavy atom. The van der Waals surface area contributed by atoms with E-state index < -0.39 is 46.2 Å². The number of halogens is 4. The Morgan fingerprint density at radius 3 is 2.45 bits per heavy atom. The molecule has 0 radical (unpaired) electrons. The van der Waals surface area contributed by atoms with E-state index in [2.05, 4.69) is 15.4 Å². The van der Waals surface area contributed by atoms with Gasteiger partial charge in [0, 0.05) is 6.54 Å². The Bertz CT molecular complexity index is 1630. The molecule has 4 rings (SSSR count). The fraction of sp³-hybridized carbons (Fsp3) is 0.241. The summed E-state index contributed by atoms with van der Waals surface area (Å²) in [5.41, 5.74) is -1.93. The van der Waals surface area contributed by atoms with Gasteiger partial charge >= 0.3 is 11.9 Å². The van der Waals surface area contributed by atoms with Crippen molar-refractivity contribution in [1.29, 1.82) is 0 Å². The van der Waals surface area contributed by atoms with Gasteiger partial charge in [-0.3, -0.25) is 9.36 Å². The maximum atomic E-state index is 15.5. The Hall–Kier alpha value is -4.78. The van der Waals surface area contributed by atoms with E-state index in [0.717, 1.165) is 28.4 Å². The van der Waals surface area contributed by atoms with Crippen LogP contribution in [0.3, 0.4) is 0 Å². The van der Waals surface area contributed by atoms with E-state index in [4.69, 9.17) is 9.47 Å². The zero-order valence-electron chi connectivity index (χ0n) is 22.7. The number of ether oxygens (including phenoxy) is 2. The van der Waals surface area contributed by atoms with Gasteiger partial charge in [0.15, 0.2) is 17.5 Å². The van der Waals surface area contributed by atoms with Crippen molar-refractivity contribution in [3.05, 3.63) is 111 Å². The number of hydrogen-bond donors (Lipinski definition) is 1. The number of para-hydroxylation sites is 1. The highest BCUT2D eigenvalue weighted by Crippen LogP contribution is 2.35. The maximum absolute atomic E-state index is 15.5. The van der Waals surface area contributed by atoms with Crippen molar-refractivity contribution in [3.63, 3.8) is 0 Å². The van der Waals surface area contributed by atoms with E-state index in [1.165, 1.54) is 29.0 Å². The van der Waals surface area contributed by atoms with Crippen molar-refractivity contribution in [1.82, 2.24) is 19.3 Å². The first-order chi connectivity index (χ1) is 20.1. The molecule has 13 heteroatoms. The van der Waals surface area contributed by atoms with Crippen LogP contribution in [0.4, 0.5) is 23.2 Å². The van der Waals surface area contributed by atoms with Crippen LogP contribution in [0.5, 0.6) is 0 Å². The lowest BCUT2D eigenvalue weighted by molar-refractivity contribution is -0.136. The zero-order chi connectivity index (χ0) is 30.3. The highest BCUT2D eigenvalue weighted by Gasteiger charge is 2.34. The minimum atomic E-state index is -4.74. The molecular weight excluding hydrogens is 558 g/mol. The van der Waals surface area contributed by atoms with Crippen LogP contribution in [0.25, 0.3) is 11.9 Å². The third-order valence-electron chi connectivity index (χ3n) is 6.00. The predicted octanol–water partition coefficient (Wildman–Crippen LogP) is 5.58. The molecular formula is C29H27F4N5O4. The van der Waals surface area contributed by atoms with Gasteiger partial charge in [-0.15, -0.1) is 5.10 Å².